The molecule has 0 radical (unpaired) electrons. The summed E-state index contributed by atoms with van der Waals surface area (Å²) >= 11 is 0. The van der Waals surface area contributed by atoms with Gasteiger partial charge in [-0.05, 0) is 12.1 Å². The first-order valence-electron chi connectivity index (χ1n) is 10.2. The van der Waals surface area contributed by atoms with Crippen molar-refractivity contribution in [3.05, 3.63) is 23.5 Å². The lowest BCUT2D eigenvalue weighted by Gasteiger charge is -2.39. The van der Waals surface area contributed by atoms with Gasteiger partial charge in [0.25, 0.3) is 0 Å². The first-order chi connectivity index (χ1) is 15.5. The smallest absolute Gasteiger partial charge is 0.341 e. The highest BCUT2D eigenvalue weighted by molar-refractivity contribution is 5.68. The second kappa shape index (κ2) is 11.5. The average Bonchev–Trinajstić information content (AvgIpc) is 2.68. The fourth-order valence-electron chi connectivity index (χ4n) is 3.59. The van der Waals surface area contributed by atoms with Gasteiger partial charge in [-0.15, -0.1) is 0 Å². The number of carboxylic acids is 4. The van der Waals surface area contributed by atoms with Crippen LogP contribution >= 0.6 is 0 Å². The number of carbonyl (C=O) groups is 4. The van der Waals surface area contributed by atoms with E-state index in [2.05, 4.69) is 4.98 Å². The number of aromatic nitrogens is 1. The van der Waals surface area contributed by atoms with Gasteiger partial charge < -0.3 is 44.0 Å². The van der Waals surface area contributed by atoms with E-state index < -0.39 is 43.6 Å². The molecule has 0 spiro atoms. The van der Waals surface area contributed by atoms with Crippen LogP contribution in [-0.2, 0) is 32.3 Å². The van der Waals surface area contributed by atoms with Gasteiger partial charge in [-0.2, -0.15) is 0 Å². The van der Waals surface area contributed by atoms with Gasteiger partial charge in [0.2, 0.25) is 0 Å². The molecule has 1 unspecified atom stereocenters. The lowest BCUT2D eigenvalue weighted by Crippen LogP contribution is -2.57. The molecule has 2 rings (SSSR count). The Hall–Kier alpha value is -3.29. The first-order valence-corrected chi connectivity index (χ1v) is 10.2. The van der Waals surface area contributed by atoms with Crippen LogP contribution in [-0.4, -0.2) is 108 Å². The standard InChI is InChI=1S/C20H28N4O9/c1-24(12-19(29)30)6-4-22(10-17(25)26)8-14-2-3-16(33-13-20(31)32)15(21-14)9-23(5-7-24)11-18(27)28/h2-3H,4-13H2,1H3,(H3-,25,26,27,28,29,30,31,32)/p-2. The van der Waals surface area contributed by atoms with E-state index in [1.54, 1.807) is 18.0 Å². The molecule has 33 heavy (non-hydrogen) atoms. The van der Waals surface area contributed by atoms with E-state index in [1.165, 1.54) is 11.0 Å². The molecular formula is C20H26N4O9-2. The SMILES string of the molecule is C[N+]1(CC(=O)[O-])CCN(CC(=O)[O-])Cc2ccc(OCC(=O)O)c(n2)CN(CC(=O)[O-])CC1. The van der Waals surface area contributed by atoms with Gasteiger partial charge >= 0.3 is 5.97 Å². The third-order valence-electron chi connectivity index (χ3n) is 5.23. The summed E-state index contributed by atoms with van der Waals surface area (Å²) in [5.41, 5.74) is 0.704. The molecule has 1 atom stereocenters. The normalized spacial score (nSPS) is 20.3. The number of ether oxygens (including phenoxy) is 1. The summed E-state index contributed by atoms with van der Waals surface area (Å²) in [7, 11) is 1.66. The van der Waals surface area contributed by atoms with Crippen LogP contribution in [0.15, 0.2) is 12.1 Å². The number of carbonyl (C=O) groups excluding carboxylic acids is 3. The Morgan fingerprint density at radius 3 is 2.09 bits per heavy atom. The molecule has 2 bridgehead atoms. The summed E-state index contributed by atoms with van der Waals surface area (Å²) in [5.74, 6) is -5.02. The van der Waals surface area contributed by atoms with Crippen LogP contribution in [0.25, 0.3) is 0 Å². The highest BCUT2D eigenvalue weighted by Crippen LogP contribution is 2.21. The maximum atomic E-state index is 11.3. The Morgan fingerprint density at radius 1 is 1.00 bits per heavy atom. The molecule has 0 saturated heterocycles. The summed E-state index contributed by atoms with van der Waals surface area (Å²) in [6.07, 6.45) is 0. The molecule has 0 aromatic carbocycles. The Kier molecular flexibility index (Phi) is 9.08. The molecule has 1 aromatic rings. The molecule has 182 valence electrons. The van der Waals surface area contributed by atoms with E-state index in [1.807, 2.05) is 0 Å². The minimum Gasteiger partial charge on any atom is -0.549 e. The van der Waals surface area contributed by atoms with Gasteiger partial charge in [0.05, 0.1) is 49.4 Å². The molecule has 0 amide bonds. The fourth-order valence-corrected chi connectivity index (χ4v) is 3.59. The predicted octanol–water partition coefficient (Wildman–Crippen LogP) is -5.14. The Balaban J connectivity index is 2.44. The monoisotopic (exact) mass is 466 g/mol. The van der Waals surface area contributed by atoms with Crippen LogP contribution in [0.1, 0.15) is 11.4 Å². The molecule has 13 nitrogen and oxygen atoms in total. The number of quaternary nitrogens is 1. The summed E-state index contributed by atoms with van der Waals surface area (Å²) in [6, 6.07) is 3.05. The third-order valence-corrected chi connectivity index (χ3v) is 5.23. The van der Waals surface area contributed by atoms with Crippen LogP contribution in [0.3, 0.4) is 0 Å². The second-order valence-electron chi connectivity index (χ2n) is 8.19. The quantitative estimate of drug-likeness (QED) is 0.342. The van der Waals surface area contributed by atoms with Crippen molar-refractivity contribution in [2.45, 2.75) is 13.1 Å². The first kappa shape index (κ1) is 26.0. The third kappa shape index (κ3) is 9.00. The Labute approximate surface area is 190 Å². The zero-order chi connectivity index (χ0) is 24.6. The molecule has 1 aromatic heterocycles. The Bertz CT molecular complexity index is 894. The van der Waals surface area contributed by atoms with E-state index in [0.717, 1.165) is 0 Å². The minimum atomic E-state index is -1.35. The van der Waals surface area contributed by atoms with E-state index in [0.29, 0.717) is 5.69 Å². The van der Waals surface area contributed by atoms with Crippen LogP contribution in [0.5, 0.6) is 5.75 Å². The second-order valence-corrected chi connectivity index (χ2v) is 8.19. The van der Waals surface area contributed by atoms with E-state index in [4.69, 9.17) is 9.84 Å². The van der Waals surface area contributed by atoms with Crippen molar-refractivity contribution in [2.75, 3.05) is 59.5 Å². The van der Waals surface area contributed by atoms with Crippen LogP contribution in [0.4, 0.5) is 0 Å². The molecule has 13 heteroatoms. The van der Waals surface area contributed by atoms with Crippen LogP contribution in [0.2, 0.25) is 0 Å². The van der Waals surface area contributed by atoms with Crippen molar-refractivity contribution in [3.8, 4) is 5.75 Å². The van der Waals surface area contributed by atoms with Gasteiger partial charge in [-0.25, -0.2) is 4.79 Å². The van der Waals surface area contributed by atoms with Gasteiger partial charge in [-0.3, -0.25) is 14.8 Å². The maximum absolute atomic E-state index is 11.3. The summed E-state index contributed by atoms with van der Waals surface area (Å²) < 4.78 is 5.25. The number of carboxylic acid groups (broad SMARTS) is 4. The number of rotatable bonds is 9. The van der Waals surface area contributed by atoms with Gasteiger partial charge in [0.15, 0.2) is 6.61 Å². The number of hydrogen-bond donors (Lipinski definition) is 1. The number of likely N-dealkylation sites (N-methyl/N-ethyl adjacent to an activating group) is 1. The summed E-state index contributed by atoms with van der Waals surface area (Å²) in [5, 5.41) is 42.8. The lowest BCUT2D eigenvalue weighted by molar-refractivity contribution is -0.903. The highest BCUT2D eigenvalue weighted by Gasteiger charge is 2.26. The van der Waals surface area contributed by atoms with Crippen molar-refractivity contribution < 1.29 is 48.8 Å². The number of aliphatic carboxylic acids is 4. The fraction of sp³-hybridized carbons (Fsp3) is 0.550. The minimum absolute atomic E-state index is 0.0286. The zero-order valence-corrected chi connectivity index (χ0v) is 18.2. The molecule has 1 N–H and O–H groups in total. The topological polar surface area (TPSA) is 186 Å². The molecular weight excluding hydrogens is 440 g/mol. The average molecular weight is 466 g/mol. The molecule has 0 saturated carbocycles. The zero-order valence-electron chi connectivity index (χ0n) is 18.2. The van der Waals surface area contributed by atoms with Crippen molar-refractivity contribution in [2.24, 2.45) is 0 Å². The molecule has 0 fully saturated rings. The number of nitrogens with zero attached hydrogens (tertiary/aromatic N) is 4. The van der Waals surface area contributed by atoms with Crippen molar-refractivity contribution in [3.63, 3.8) is 0 Å². The van der Waals surface area contributed by atoms with Gasteiger partial charge in [0.1, 0.15) is 12.3 Å². The van der Waals surface area contributed by atoms with E-state index in [9.17, 15) is 34.5 Å². The lowest BCUT2D eigenvalue weighted by atomic mass is 10.2. The molecule has 1 aliphatic heterocycles. The molecule has 0 aliphatic carbocycles. The van der Waals surface area contributed by atoms with E-state index in [-0.39, 0.29) is 61.7 Å². The van der Waals surface area contributed by atoms with Crippen molar-refractivity contribution in [1.82, 2.24) is 14.8 Å². The summed E-state index contributed by atoms with van der Waals surface area (Å²) in [6.45, 7) is -0.994. The molecule has 1 aliphatic rings. The summed E-state index contributed by atoms with van der Waals surface area (Å²) in [4.78, 5) is 52.2. The van der Waals surface area contributed by atoms with Crippen molar-refractivity contribution in [1.29, 1.82) is 0 Å². The maximum Gasteiger partial charge on any atom is 0.341 e. The van der Waals surface area contributed by atoms with Crippen molar-refractivity contribution >= 4 is 23.9 Å². The van der Waals surface area contributed by atoms with Gasteiger partial charge in [0, 0.05) is 39.3 Å². The number of pyridine rings is 1. The largest absolute Gasteiger partial charge is 0.549 e. The number of hydrogen-bond acceptors (Lipinski definition) is 11. The highest BCUT2D eigenvalue weighted by atomic mass is 16.5. The predicted molar refractivity (Wildman–Crippen MR) is 104 cm³/mol. The van der Waals surface area contributed by atoms with Gasteiger partial charge in [-0.1, -0.05) is 0 Å². The van der Waals surface area contributed by atoms with Crippen LogP contribution < -0.4 is 20.1 Å². The molecule has 2 heterocycles. The van der Waals surface area contributed by atoms with Crippen LogP contribution in [0, 0.1) is 0 Å². The Morgan fingerprint density at radius 2 is 1.58 bits per heavy atom. The van der Waals surface area contributed by atoms with E-state index >= 15 is 0 Å². The number of fused-ring (bicyclic) bond motifs is 2.